The zero-order chi connectivity index (χ0) is 81.9. The Labute approximate surface area is 620 Å². The number of hydrogen-bond donors (Lipinski definition) is 23. The molecule has 45 heteroatoms. The van der Waals surface area contributed by atoms with Crippen LogP contribution in [-0.4, -0.2) is 263 Å². The number of phenolic OH excluding ortho intramolecular Hbond substituents is 18. The molecule has 0 spiro atoms. The van der Waals surface area contributed by atoms with Crippen LogP contribution >= 0.6 is 0 Å². The Morgan fingerprint density at radius 2 is 0.735 bits per heavy atom. The van der Waals surface area contributed by atoms with Gasteiger partial charge in [0.2, 0.25) is 46.4 Å². The van der Waals surface area contributed by atoms with E-state index in [4.69, 9.17) is 61.6 Å². The number of hydrogen-bond acceptors (Lipinski definition) is 45. The van der Waals surface area contributed by atoms with Crippen molar-refractivity contribution in [1.29, 1.82) is 0 Å². The van der Waals surface area contributed by atoms with Gasteiger partial charge in [-0.05, 0) is 42.5 Å². The summed E-state index contributed by atoms with van der Waals surface area (Å²) in [4.78, 5) is 133. The number of benzene rings is 7. The van der Waals surface area contributed by atoms with Crippen molar-refractivity contribution < 1.29 is 222 Å². The minimum atomic E-state index is -4.49. The second kappa shape index (κ2) is 26.5. The van der Waals surface area contributed by atoms with Crippen LogP contribution in [0.4, 0.5) is 0 Å². The number of aromatic hydroxyl groups is 18. The molecule has 0 amide bonds. The molecular weight excluding hydrogens is 1540 g/mol. The van der Waals surface area contributed by atoms with Crippen molar-refractivity contribution in [2.75, 3.05) is 13.2 Å². The second-order valence-corrected chi connectivity index (χ2v) is 25.3. The van der Waals surface area contributed by atoms with Crippen molar-refractivity contribution in [3.63, 3.8) is 0 Å². The third-order valence-electron chi connectivity index (χ3n) is 18.5. The first-order valence-corrected chi connectivity index (χ1v) is 31.7. The van der Waals surface area contributed by atoms with Gasteiger partial charge in [0.25, 0.3) is 5.79 Å². The van der Waals surface area contributed by atoms with Crippen LogP contribution in [0.3, 0.4) is 0 Å². The average Bonchev–Trinajstić information content (AvgIpc) is 0.931. The molecule has 7 heterocycles. The summed E-state index contributed by atoms with van der Waals surface area (Å²) in [5, 5.41) is 260. The molecule has 0 aromatic heterocycles. The van der Waals surface area contributed by atoms with Crippen molar-refractivity contribution >= 4 is 53.5 Å². The smallest absolute Gasteiger partial charge is 0.342 e. The lowest BCUT2D eigenvalue weighted by Gasteiger charge is -2.48. The molecule has 2 saturated heterocycles. The third kappa shape index (κ3) is 11.8. The first-order valence-electron chi connectivity index (χ1n) is 31.7. The van der Waals surface area contributed by atoms with Gasteiger partial charge in [0.05, 0.1) is 39.0 Å². The molecule has 1 aliphatic carbocycles. The summed E-state index contributed by atoms with van der Waals surface area (Å²) in [5.41, 5.74) is -16.1. The molecule has 8 aliphatic rings. The van der Waals surface area contributed by atoms with E-state index >= 15 is 19.2 Å². The number of aliphatic hydroxyl groups is 5. The van der Waals surface area contributed by atoms with Crippen LogP contribution in [0.25, 0.3) is 22.3 Å². The Morgan fingerprint density at radius 3 is 1.20 bits per heavy atom. The molecule has 10 bridgehead atoms. The third-order valence-corrected chi connectivity index (χ3v) is 18.5. The Bertz CT molecular complexity index is 5420. The summed E-state index contributed by atoms with van der Waals surface area (Å²) in [7, 11) is 0. The lowest BCUT2D eigenvalue weighted by atomic mass is 9.82. The molecule has 45 nitrogen and oxygen atoms in total. The summed E-state index contributed by atoms with van der Waals surface area (Å²) in [6.45, 7) is -2.99. The fraction of sp³-hybridized carbons (Fsp3) is 0.221. The quantitative estimate of drug-likeness (QED) is 0.0433. The summed E-state index contributed by atoms with van der Waals surface area (Å²) in [5.74, 6) is -61.0. The standard InChI is InChI=1S/C68H48O45/c69-21-1-13(2-22(70)37(21)77)57(88)109-52-50-31-12-102-60(91)17-9-29-49(46(86)36(17)34-16(61(92)107-50)6-26(74)40(80)44(34)84)113-68(100)56(104-29)20(10-32(76)67(68,98)99)64(95)112-55-53(110-58(89)14-3-23(71)38(78)24(72)4-14)51-30(106-66(55)97)11-101-59(90)15-5-25(73)39(79)43(83)33(15)35-18(62(93)108-51)8-28(42(82)45(35)85)103-48-19(7-27(75)41(81)47(48)87)63(94)111-54(52)65(96)105-31/h1-10,30-31,50-56,65-66,69-75,77-87,96-100H,11-12H2/t30-,31-,50-,51-,52+,53+,54-,55-,56-,65-,66-,68-/m1/s1. The van der Waals surface area contributed by atoms with Gasteiger partial charge < -0.3 is 179 Å². The number of aliphatic hydroxyl groups excluding tert-OH is 2. The van der Waals surface area contributed by atoms with Crippen molar-refractivity contribution in [3.05, 3.63) is 105 Å². The van der Waals surface area contributed by atoms with Crippen molar-refractivity contribution in [2.24, 2.45) is 0 Å². The van der Waals surface area contributed by atoms with Gasteiger partial charge in [-0.15, -0.1) is 0 Å². The Kier molecular flexibility index (Phi) is 17.6. The highest BCUT2D eigenvalue weighted by Gasteiger charge is 2.70. The van der Waals surface area contributed by atoms with Crippen LogP contribution in [0.15, 0.2) is 66.2 Å². The Morgan fingerprint density at radius 1 is 0.372 bits per heavy atom. The maximum atomic E-state index is 15.6. The second-order valence-electron chi connectivity index (χ2n) is 25.3. The van der Waals surface area contributed by atoms with Gasteiger partial charge in [-0.25, -0.2) is 38.4 Å². The van der Waals surface area contributed by atoms with Gasteiger partial charge in [0.1, 0.15) is 31.0 Å². The van der Waals surface area contributed by atoms with Gasteiger partial charge in [-0.2, -0.15) is 0 Å². The highest BCUT2D eigenvalue weighted by Crippen LogP contribution is 2.60. The van der Waals surface area contributed by atoms with E-state index in [1.807, 2.05) is 0 Å². The van der Waals surface area contributed by atoms with E-state index < -0.39 is 339 Å². The van der Waals surface area contributed by atoms with E-state index in [9.17, 15) is 141 Å². The summed E-state index contributed by atoms with van der Waals surface area (Å²) in [6.07, 6.45) is -31.0. The first kappa shape index (κ1) is 75.1. The minimum absolute atomic E-state index is 0.0653. The molecule has 7 aromatic carbocycles. The molecule has 7 aliphatic heterocycles. The zero-order valence-corrected chi connectivity index (χ0v) is 55.3. The van der Waals surface area contributed by atoms with Crippen LogP contribution in [0.2, 0.25) is 0 Å². The molecule has 23 N–H and O–H groups in total. The van der Waals surface area contributed by atoms with Crippen LogP contribution in [0, 0.1) is 0 Å². The highest BCUT2D eigenvalue weighted by molar-refractivity contribution is 6.11. The lowest BCUT2D eigenvalue weighted by Crippen LogP contribution is -2.73. The van der Waals surface area contributed by atoms with E-state index in [1.54, 1.807) is 0 Å². The number of cyclic esters (lactones) is 1. The average molecular weight is 1590 g/mol. The molecule has 113 heavy (non-hydrogen) atoms. The molecule has 15 rings (SSSR count). The van der Waals surface area contributed by atoms with E-state index in [0.29, 0.717) is 36.4 Å². The van der Waals surface area contributed by atoms with E-state index in [2.05, 4.69) is 0 Å². The van der Waals surface area contributed by atoms with Crippen molar-refractivity contribution in [2.45, 2.75) is 79.1 Å². The van der Waals surface area contributed by atoms with Crippen LogP contribution in [0.1, 0.15) is 72.5 Å². The number of carbonyl (C=O) groups excluding carboxylic acids is 9. The molecule has 0 saturated carbocycles. The minimum Gasteiger partial charge on any atom is -0.504 e. The van der Waals surface area contributed by atoms with E-state index in [-0.39, 0.29) is 24.3 Å². The fourth-order valence-electron chi connectivity index (χ4n) is 13.0. The molecular formula is C68H48O45. The normalized spacial score (nSPS) is 24.8. The summed E-state index contributed by atoms with van der Waals surface area (Å²) in [6, 6.07) is 2.84. The fourth-order valence-corrected chi connectivity index (χ4v) is 13.0. The number of ketones is 1. The largest absolute Gasteiger partial charge is 0.504 e. The number of carbonyl (C=O) groups is 9. The van der Waals surface area contributed by atoms with Gasteiger partial charge >= 0.3 is 53.5 Å². The molecule has 12 atom stereocenters. The zero-order valence-electron chi connectivity index (χ0n) is 55.3. The number of rotatable bonds is 4. The number of esters is 8. The predicted molar refractivity (Wildman–Crippen MR) is 342 cm³/mol. The molecule has 2 fully saturated rings. The molecule has 590 valence electrons. The molecule has 7 aromatic rings. The Hall–Kier alpha value is -14.8. The predicted octanol–water partition coefficient (Wildman–Crippen LogP) is -1.04. The molecule has 0 radical (unpaired) electrons. The van der Waals surface area contributed by atoms with Gasteiger partial charge in [0.15, 0.2) is 141 Å². The van der Waals surface area contributed by atoms with Crippen LogP contribution in [-0.2, 0) is 57.0 Å². The monoisotopic (exact) mass is 1580 g/mol. The summed E-state index contributed by atoms with van der Waals surface area (Å²) < 4.78 is 73.4. The highest BCUT2D eigenvalue weighted by atomic mass is 16.7. The van der Waals surface area contributed by atoms with Gasteiger partial charge in [-0.1, -0.05) is 0 Å². The number of fused-ring (bicyclic) bond motifs is 7. The SMILES string of the molecule is O=C1O[C@@H]2[C@@H](OC(=O)c3cc(O)c(O)c(O)c3)[C@@H]3OC(=O)c4cc(c(O)c(O)c4-c4c(cc(O)c(O)c4O)C(=O)OC[C@H]3O[C@H]2O)Oc2c(cc(O)c(O)c2O)C(=O)O[C@@H]2[C@@H](OC(=O)c3cc(O)c(O)c(O)c3)[C@@H]3OC(=O)c4cc(O)c(O)c(O)c4-c4c(cc5c(c4O)O[C@]4(O)[C@H](O5)C1=CC(=O)C4(O)O)C(=O)OC[C@H]3O[C@H]2O. The van der Waals surface area contributed by atoms with E-state index in [1.165, 1.54) is 0 Å². The van der Waals surface area contributed by atoms with Crippen molar-refractivity contribution in [3.8, 4) is 149 Å². The maximum absolute atomic E-state index is 15.6. The van der Waals surface area contributed by atoms with Crippen molar-refractivity contribution in [1.82, 2.24) is 0 Å². The van der Waals surface area contributed by atoms with Crippen LogP contribution in [0.5, 0.6) is 126 Å². The van der Waals surface area contributed by atoms with E-state index in [0.717, 1.165) is 0 Å². The number of phenols is 18. The first-order chi connectivity index (χ1) is 53.1. The van der Waals surface area contributed by atoms with Gasteiger partial charge in [0, 0.05) is 40.5 Å². The molecule has 0 unspecified atom stereocenters. The van der Waals surface area contributed by atoms with Gasteiger partial charge in [-0.3, -0.25) is 4.79 Å². The van der Waals surface area contributed by atoms with Crippen LogP contribution < -0.4 is 14.2 Å². The lowest BCUT2D eigenvalue weighted by molar-refractivity contribution is -0.352. The topological polar surface area (TPSA) is 739 Å². The number of ether oxygens (including phenoxy) is 13. The maximum Gasteiger partial charge on any atom is 0.342 e. The Balaban J connectivity index is 1.02. The summed E-state index contributed by atoms with van der Waals surface area (Å²) >= 11 is 0.